The average Bonchev–Trinajstić information content (AvgIpc) is 2.85. The molecule has 1 aliphatic rings. The van der Waals surface area contributed by atoms with Crippen molar-refractivity contribution in [3.63, 3.8) is 0 Å². The second kappa shape index (κ2) is 5.18. The third-order valence-electron chi connectivity index (χ3n) is 4.02. The molecule has 1 fully saturated rings. The summed E-state index contributed by atoms with van der Waals surface area (Å²) in [4.78, 5) is 23.2. The van der Waals surface area contributed by atoms with Gasteiger partial charge in [0.15, 0.2) is 0 Å². The molecule has 0 N–H and O–H groups in total. The molecular weight excluding hydrogens is 294 g/mol. The molecule has 1 amide bonds. The van der Waals surface area contributed by atoms with Crippen LogP contribution in [0.5, 0.6) is 0 Å². The van der Waals surface area contributed by atoms with E-state index in [-0.39, 0.29) is 5.91 Å². The Morgan fingerprint density at radius 3 is 2.91 bits per heavy atom. The number of carbonyl (C=O) groups excluding carboxylic acids is 1. The first-order chi connectivity index (χ1) is 10.7. The lowest BCUT2D eigenvalue weighted by molar-refractivity contribution is 0.0599. The fourth-order valence-electron chi connectivity index (χ4n) is 2.80. The normalized spacial score (nSPS) is 15.0. The maximum atomic E-state index is 12.5. The second-order valence-electron chi connectivity index (χ2n) is 5.58. The standard InChI is InChI=1S/C17H15N3OS/c1-11-19-15-6-5-12(8-16(15)22-11)17(21)20-9-13(10-20)14-4-2-3-7-18-14/h2-8,13H,9-10H2,1H3. The summed E-state index contributed by atoms with van der Waals surface area (Å²) in [6, 6.07) is 11.7. The van der Waals surface area contributed by atoms with Crippen molar-refractivity contribution in [2.24, 2.45) is 0 Å². The zero-order valence-corrected chi connectivity index (χ0v) is 13.0. The van der Waals surface area contributed by atoms with Gasteiger partial charge in [0.1, 0.15) is 0 Å². The summed E-state index contributed by atoms with van der Waals surface area (Å²) in [5, 5.41) is 1.03. The molecule has 4 nitrogen and oxygen atoms in total. The van der Waals surface area contributed by atoms with Gasteiger partial charge in [-0.15, -0.1) is 11.3 Å². The van der Waals surface area contributed by atoms with Crippen LogP contribution in [0.15, 0.2) is 42.6 Å². The van der Waals surface area contributed by atoms with Crippen molar-refractivity contribution >= 4 is 27.5 Å². The quantitative estimate of drug-likeness (QED) is 0.730. The number of nitrogens with zero attached hydrogens (tertiary/aromatic N) is 3. The molecule has 1 aromatic carbocycles. The molecular formula is C17H15N3OS. The molecule has 0 unspecified atom stereocenters. The van der Waals surface area contributed by atoms with Crippen molar-refractivity contribution in [2.45, 2.75) is 12.8 Å². The summed E-state index contributed by atoms with van der Waals surface area (Å²) in [7, 11) is 0. The molecule has 0 bridgehead atoms. The number of aromatic nitrogens is 2. The van der Waals surface area contributed by atoms with E-state index in [9.17, 15) is 4.79 Å². The minimum Gasteiger partial charge on any atom is -0.337 e. The Kier molecular flexibility index (Phi) is 3.15. The maximum absolute atomic E-state index is 12.5. The number of fused-ring (bicyclic) bond motifs is 1. The van der Waals surface area contributed by atoms with Gasteiger partial charge >= 0.3 is 0 Å². The van der Waals surface area contributed by atoms with Crippen molar-refractivity contribution in [1.82, 2.24) is 14.9 Å². The van der Waals surface area contributed by atoms with Crippen LogP contribution in [0.2, 0.25) is 0 Å². The summed E-state index contributed by atoms with van der Waals surface area (Å²) in [6.07, 6.45) is 1.81. The van der Waals surface area contributed by atoms with Crippen LogP contribution in [0.1, 0.15) is 27.0 Å². The van der Waals surface area contributed by atoms with Crippen LogP contribution >= 0.6 is 11.3 Å². The monoisotopic (exact) mass is 309 g/mol. The minimum atomic E-state index is 0.0973. The van der Waals surface area contributed by atoms with Crippen molar-refractivity contribution in [3.8, 4) is 0 Å². The van der Waals surface area contributed by atoms with E-state index >= 15 is 0 Å². The Labute approximate surface area is 132 Å². The van der Waals surface area contributed by atoms with Crippen LogP contribution in [0.25, 0.3) is 10.2 Å². The number of likely N-dealkylation sites (tertiary alicyclic amines) is 1. The molecule has 4 rings (SSSR count). The number of rotatable bonds is 2. The fraction of sp³-hybridized carbons (Fsp3) is 0.235. The molecule has 5 heteroatoms. The molecule has 0 spiro atoms. The zero-order chi connectivity index (χ0) is 15.1. The number of benzene rings is 1. The van der Waals surface area contributed by atoms with E-state index < -0.39 is 0 Å². The third-order valence-corrected chi connectivity index (χ3v) is 4.95. The smallest absolute Gasteiger partial charge is 0.253 e. The van der Waals surface area contributed by atoms with Crippen molar-refractivity contribution < 1.29 is 4.79 Å². The first-order valence-corrected chi connectivity index (χ1v) is 8.10. The fourth-order valence-corrected chi connectivity index (χ4v) is 3.67. The molecule has 0 atom stereocenters. The predicted molar refractivity (Wildman–Crippen MR) is 87.2 cm³/mol. The summed E-state index contributed by atoms with van der Waals surface area (Å²) < 4.78 is 1.07. The Morgan fingerprint density at radius 2 is 2.14 bits per heavy atom. The van der Waals surface area contributed by atoms with E-state index in [0.717, 1.165) is 39.6 Å². The van der Waals surface area contributed by atoms with E-state index in [1.807, 2.05) is 48.2 Å². The molecule has 2 aromatic heterocycles. The Balaban J connectivity index is 1.50. The van der Waals surface area contributed by atoms with Crippen molar-refractivity contribution in [3.05, 3.63) is 58.9 Å². The number of carbonyl (C=O) groups is 1. The number of hydrogen-bond acceptors (Lipinski definition) is 4. The number of hydrogen-bond donors (Lipinski definition) is 0. The topological polar surface area (TPSA) is 46.1 Å². The first-order valence-electron chi connectivity index (χ1n) is 7.28. The molecule has 3 heterocycles. The number of thiazole rings is 1. The van der Waals surface area contributed by atoms with Crippen LogP contribution in [0.3, 0.4) is 0 Å². The lowest BCUT2D eigenvalue weighted by atomic mass is 9.95. The van der Waals surface area contributed by atoms with Gasteiger partial charge < -0.3 is 4.90 Å². The van der Waals surface area contributed by atoms with E-state index in [1.165, 1.54) is 0 Å². The Morgan fingerprint density at radius 1 is 1.27 bits per heavy atom. The van der Waals surface area contributed by atoms with Gasteiger partial charge in [-0.2, -0.15) is 0 Å². The summed E-state index contributed by atoms with van der Waals surface area (Å²) in [5.41, 5.74) is 2.78. The molecule has 0 aliphatic carbocycles. The van der Waals surface area contributed by atoms with Gasteiger partial charge in [-0.3, -0.25) is 9.78 Å². The Hall–Kier alpha value is -2.27. The lowest BCUT2D eigenvalue weighted by Gasteiger charge is -2.39. The van der Waals surface area contributed by atoms with Gasteiger partial charge in [0, 0.05) is 36.5 Å². The van der Waals surface area contributed by atoms with Gasteiger partial charge in [-0.05, 0) is 37.3 Å². The molecule has 1 saturated heterocycles. The van der Waals surface area contributed by atoms with Gasteiger partial charge in [-0.1, -0.05) is 6.07 Å². The zero-order valence-electron chi connectivity index (χ0n) is 12.2. The SMILES string of the molecule is Cc1nc2ccc(C(=O)N3CC(c4ccccn4)C3)cc2s1. The summed E-state index contributed by atoms with van der Waals surface area (Å²) in [6.45, 7) is 3.48. The van der Waals surface area contributed by atoms with Gasteiger partial charge in [0.25, 0.3) is 5.91 Å². The summed E-state index contributed by atoms with van der Waals surface area (Å²) >= 11 is 1.63. The predicted octanol–water partition coefficient (Wildman–Crippen LogP) is 3.24. The maximum Gasteiger partial charge on any atom is 0.253 e. The molecule has 22 heavy (non-hydrogen) atoms. The van der Waals surface area contributed by atoms with Crippen LogP contribution in [-0.2, 0) is 0 Å². The molecule has 110 valence electrons. The van der Waals surface area contributed by atoms with Gasteiger partial charge in [0.2, 0.25) is 0 Å². The highest BCUT2D eigenvalue weighted by Gasteiger charge is 2.33. The van der Waals surface area contributed by atoms with Crippen molar-refractivity contribution in [1.29, 1.82) is 0 Å². The minimum absolute atomic E-state index is 0.0973. The molecule has 0 saturated carbocycles. The largest absolute Gasteiger partial charge is 0.337 e. The lowest BCUT2D eigenvalue weighted by Crippen LogP contribution is -2.48. The molecule has 1 aliphatic heterocycles. The van der Waals surface area contributed by atoms with Gasteiger partial charge in [0.05, 0.1) is 15.2 Å². The van der Waals surface area contributed by atoms with E-state index in [2.05, 4.69) is 9.97 Å². The van der Waals surface area contributed by atoms with E-state index in [1.54, 1.807) is 17.5 Å². The second-order valence-corrected chi connectivity index (χ2v) is 6.81. The molecule has 0 radical (unpaired) electrons. The van der Waals surface area contributed by atoms with E-state index in [0.29, 0.717) is 5.92 Å². The third kappa shape index (κ3) is 2.27. The molecule has 3 aromatic rings. The number of amides is 1. The van der Waals surface area contributed by atoms with E-state index in [4.69, 9.17) is 0 Å². The van der Waals surface area contributed by atoms with Crippen LogP contribution < -0.4 is 0 Å². The highest BCUT2D eigenvalue weighted by molar-refractivity contribution is 7.18. The van der Waals surface area contributed by atoms with Crippen LogP contribution in [-0.4, -0.2) is 33.9 Å². The van der Waals surface area contributed by atoms with Gasteiger partial charge in [-0.25, -0.2) is 4.98 Å². The number of pyridine rings is 1. The average molecular weight is 309 g/mol. The number of aryl methyl sites for hydroxylation is 1. The van der Waals surface area contributed by atoms with Crippen LogP contribution in [0, 0.1) is 6.92 Å². The first kappa shape index (κ1) is 13.4. The van der Waals surface area contributed by atoms with Crippen molar-refractivity contribution in [2.75, 3.05) is 13.1 Å². The summed E-state index contributed by atoms with van der Waals surface area (Å²) in [5.74, 6) is 0.458. The highest BCUT2D eigenvalue weighted by atomic mass is 32.1. The highest BCUT2D eigenvalue weighted by Crippen LogP contribution is 2.28. The van der Waals surface area contributed by atoms with Crippen LogP contribution in [0.4, 0.5) is 0 Å². The Bertz CT molecular complexity index is 837.